The van der Waals surface area contributed by atoms with Crippen LogP contribution in [0.25, 0.3) is 0 Å². The van der Waals surface area contributed by atoms with E-state index >= 15 is 0 Å². The highest BCUT2D eigenvalue weighted by Crippen LogP contribution is 2.26. The summed E-state index contributed by atoms with van der Waals surface area (Å²) in [5.74, 6) is 1.21. The highest BCUT2D eigenvalue weighted by atomic mass is 79.9. The number of carbonyl (C=O) groups is 1. The van der Waals surface area contributed by atoms with E-state index in [0.29, 0.717) is 18.8 Å². The zero-order valence-electron chi connectivity index (χ0n) is 18.2. The van der Waals surface area contributed by atoms with Gasteiger partial charge in [-0.25, -0.2) is 0 Å². The molecule has 0 radical (unpaired) electrons. The third kappa shape index (κ3) is 9.27. The molecule has 2 N–H and O–H groups in total. The van der Waals surface area contributed by atoms with Crippen LogP contribution in [-0.2, 0) is 0 Å². The smallest absolute Gasteiger partial charge is 0.257 e. The van der Waals surface area contributed by atoms with Gasteiger partial charge in [-0.2, -0.15) is 0 Å². The van der Waals surface area contributed by atoms with Crippen molar-refractivity contribution in [3.8, 4) is 11.5 Å². The molecule has 0 fully saturated rings. The second-order valence-corrected chi connectivity index (χ2v) is 8.46. The topological polar surface area (TPSA) is 59.6 Å². The summed E-state index contributed by atoms with van der Waals surface area (Å²) in [5.41, 5.74) is 1.25. The van der Waals surface area contributed by atoms with E-state index in [-0.39, 0.29) is 11.0 Å². The van der Waals surface area contributed by atoms with Gasteiger partial charge in [0.25, 0.3) is 5.91 Å². The Morgan fingerprint density at radius 1 is 0.968 bits per heavy atom. The number of nitrogens with one attached hydrogen (secondary N) is 2. The van der Waals surface area contributed by atoms with Gasteiger partial charge in [-0.15, -0.1) is 0 Å². The molecule has 0 unspecified atom stereocenters. The first-order chi connectivity index (χ1) is 15.0. The summed E-state index contributed by atoms with van der Waals surface area (Å²) < 4.78 is 12.2. The van der Waals surface area contributed by atoms with Crippen molar-refractivity contribution in [1.29, 1.82) is 0 Å². The Kier molecular flexibility index (Phi) is 11.4. The van der Waals surface area contributed by atoms with Crippen LogP contribution in [0.5, 0.6) is 11.5 Å². The fourth-order valence-corrected chi connectivity index (χ4v) is 3.51. The number of anilines is 1. The summed E-state index contributed by atoms with van der Waals surface area (Å²) >= 11 is 8.78. The summed E-state index contributed by atoms with van der Waals surface area (Å²) in [5, 5.41) is 5.96. The molecule has 2 aromatic carbocycles. The molecule has 168 valence electrons. The molecular weight excluding hydrogens is 476 g/mol. The van der Waals surface area contributed by atoms with E-state index in [2.05, 4.69) is 40.4 Å². The predicted molar refractivity (Wildman–Crippen MR) is 134 cm³/mol. The monoisotopic (exact) mass is 506 g/mol. The average Bonchev–Trinajstić information content (AvgIpc) is 2.75. The first-order valence-corrected chi connectivity index (χ1v) is 12.0. The molecule has 7 heteroatoms. The van der Waals surface area contributed by atoms with Gasteiger partial charge in [-0.05, 0) is 71.3 Å². The lowest BCUT2D eigenvalue weighted by Crippen LogP contribution is -2.34. The maximum absolute atomic E-state index is 12.6. The minimum atomic E-state index is -0.289. The van der Waals surface area contributed by atoms with Crippen LogP contribution in [0.1, 0.15) is 62.7 Å². The van der Waals surface area contributed by atoms with E-state index in [1.165, 1.54) is 12.8 Å². The normalized spacial score (nSPS) is 10.4. The van der Waals surface area contributed by atoms with E-state index in [4.69, 9.17) is 21.7 Å². The van der Waals surface area contributed by atoms with Crippen LogP contribution in [0, 0.1) is 0 Å². The van der Waals surface area contributed by atoms with Gasteiger partial charge in [-0.1, -0.05) is 45.6 Å². The maximum atomic E-state index is 12.6. The molecular formula is C24H31BrN2O3S. The quantitative estimate of drug-likeness (QED) is 0.247. The Hall–Kier alpha value is -2.12. The van der Waals surface area contributed by atoms with Gasteiger partial charge in [0.05, 0.1) is 17.7 Å². The predicted octanol–water partition coefficient (Wildman–Crippen LogP) is 6.71. The zero-order valence-corrected chi connectivity index (χ0v) is 20.6. The van der Waals surface area contributed by atoms with Gasteiger partial charge in [0, 0.05) is 17.3 Å². The molecule has 31 heavy (non-hydrogen) atoms. The van der Waals surface area contributed by atoms with Crippen LogP contribution in [0.2, 0.25) is 0 Å². The van der Waals surface area contributed by atoms with Crippen LogP contribution in [0.3, 0.4) is 0 Å². The molecule has 2 aromatic rings. The number of benzene rings is 2. The molecule has 0 aliphatic carbocycles. The molecule has 0 saturated heterocycles. The highest BCUT2D eigenvalue weighted by molar-refractivity contribution is 9.10. The Balaban J connectivity index is 1.86. The highest BCUT2D eigenvalue weighted by Gasteiger charge is 2.11. The summed E-state index contributed by atoms with van der Waals surface area (Å²) in [6.45, 7) is 5.65. The molecule has 0 bridgehead atoms. The number of carbonyl (C=O) groups excluding carboxylic acids is 1. The number of unbranched alkanes of at least 4 members (excludes halogenated alkanes) is 4. The van der Waals surface area contributed by atoms with E-state index in [1.54, 1.807) is 18.2 Å². The lowest BCUT2D eigenvalue weighted by molar-refractivity contribution is 0.0977. The molecule has 5 nitrogen and oxygen atoms in total. The Labute approximate surface area is 199 Å². The number of halogens is 1. The van der Waals surface area contributed by atoms with Crippen LogP contribution in [0.4, 0.5) is 5.69 Å². The van der Waals surface area contributed by atoms with Gasteiger partial charge in [0.2, 0.25) is 0 Å². The summed E-state index contributed by atoms with van der Waals surface area (Å²) in [4.78, 5) is 12.6. The number of hydrogen-bond donors (Lipinski definition) is 2. The van der Waals surface area contributed by atoms with E-state index in [0.717, 1.165) is 47.3 Å². The van der Waals surface area contributed by atoms with E-state index in [1.807, 2.05) is 24.3 Å². The second-order valence-electron chi connectivity index (χ2n) is 7.19. The first kappa shape index (κ1) is 25.1. The Morgan fingerprint density at radius 2 is 1.74 bits per heavy atom. The van der Waals surface area contributed by atoms with Crippen molar-refractivity contribution in [3.63, 3.8) is 0 Å². The SMILES string of the molecule is CCCCCCOc1ccc(C(=O)NC(=S)Nc2cccc(OCCCC)c2)cc1Br. The third-order valence-electron chi connectivity index (χ3n) is 4.54. The number of thiocarbonyl (C=S) groups is 1. The molecule has 0 saturated carbocycles. The van der Waals surface area contributed by atoms with Crippen LogP contribution in [0.15, 0.2) is 46.9 Å². The first-order valence-electron chi connectivity index (χ1n) is 10.8. The summed E-state index contributed by atoms with van der Waals surface area (Å²) in [6, 6.07) is 12.8. The van der Waals surface area contributed by atoms with Crippen molar-refractivity contribution in [1.82, 2.24) is 5.32 Å². The molecule has 0 aliphatic heterocycles. The maximum Gasteiger partial charge on any atom is 0.257 e. The molecule has 2 rings (SSSR count). The van der Waals surface area contributed by atoms with Gasteiger partial charge < -0.3 is 14.8 Å². The lowest BCUT2D eigenvalue weighted by atomic mass is 10.2. The molecule has 1 amide bonds. The van der Waals surface area contributed by atoms with Gasteiger partial charge in [0.15, 0.2) is 5.11 Å². The van der Waals surface area contributed by atoms with E-state index < -0.39 is 0 Å². The van der Waals surface area contributed by atoms with Gasteiger partial charge >= 0.3 is 0 Å². The molecule has 0 atom stereocenters. The lowest BCUT2D eigenvalue weighted by Gasteiger charge is -2.12. The van der Waals surface area contributed by atoms with Gasteiger partial charge in [-0.3, -0.25) is 10.1 Å². The van der Waals surface area contributed by atoms with Crippen molar-refractivity contribution in [2.75, 3.05) is 18.5 Å². The minimum absolute atomic E-state index is 0.225. The number of hydrogen-bond acceptors (Lipinski definition) is 4. The third-order valence-corrected chi connectivity index (χ3v) is 5.36. The molecule has 0 spiro atoms. The van der Waals surface area contributed by atoms with Crippen molar-refractivity contribution in [2.24, 2.45) is 0 Å². The number of amides is 1. The summed E-state index contributed by atoms with van der Waals surface area (Å²) in [7, 11) is 0. The van der Waals surface area contributed by atoms with Crippen LogP contribution >= 0.6 is 28.1 Å². The second kappa shape index (κ2) is 14.0. The molecule has 0 aliphatic rings. The van der Waals surface area contributed by atoms with Crippen LogP contribution < -0.4 is 20.1 Å². The largest absolute Gasteiger partial charge is 0.494 e. The average molecular weight is 507 g/mol. The standard InChI is InChI=1S/C24H31BrN2O3S/c1-3-5-7-8-15-30-22-13-12-18(16-21(22)25)23(28)27-24(31)26-19-10-9-11-20(17-19)29-14-6-4-2/h9-13,16-17H,3-8,14-15H2,1-2H3,(H2,26,27,28,31). The Morgan fingerprint density at radius 3 is 2.48 bits per heavy atom. The number of rotatable bonds is 12. The van der Waals surface area contributed by atoms with E-state index in [9.17, 15) is 4.79 Å². The summed E-state index contributed by atoms with van der Waals surface area (Å²) in [6.07, 6.45) is 6.68. The molecule has 0 heterocycles. The van der Waals surface area contributed by atoms with Crippen molar-refractivity contribution < 1.29 is 14.3 Å². The number of ether oxygens (including phenoxy) is 2. The molecule has 0 aromatic heterocycles. The Bertz CT molecular complexity index is 860. The fourth-order valence-electron chi connectivity index (χ4n) is 2.81. The van der Waals surface area contributed by atoms with Gasteiger partial charge in [0.1, 0.15) is 11.5 Å². The van der Waals surface area contributed by atoms with Crippen LogP contribution in [-0.4, -0.2) is 24.2 Å². The van der Waals surface area contributed by atoms with Crippen molar-refractivity contribution in [3.05, 3.63) is 52.5 Å². The zero-order chi connectivity index (χ0) is 22.5. The fraction of sp³-hybridized carbons (Fsp3) is 0.417. The van der Waals surface area contributed by atoms with Crippen molar-refractivity contribution in [2.45, 2.75) is 52.4 Å². The minimum Gasteiger partial charge on any atom is -0.494 e. The van der Waals surface area contributed by atoms with Crippen molar-refractivity contribution >= 4 is 44.9 Å².